The number of nitrogens with one attached hydrogen (secondary N) is 2. The number of guanidine groups is 1. The first-order valence-corrected chi connectivity index (χ1v) is 9.23. The number of hydrogen-bond donors (Lipinski definition) is 3. The van der Waals surface area contributed by atoms with Crippen LogP contribution in [0.15, 0.2) is 58.5 Å². The van der Waals surface area contributed by atoms with E-state index < -0.39 is 5.60 Å². The van der Waals surface area contributed by atoms with Gasteiger partial charge in [-0.15, -0.1) is 24.0 Å². The van der Waals surface area contributed by atoms with Crippen LogP contribution in [0.5, 0.6) is 0 Å². The Balaban J connectivity index is 0.00000300. The van der Waals surface area contributed by atoms with Crippen LogP contribution in [0.1, 0.15) is 31.0 Å². The van der Waals surface area contributed by atoms with Crippen LogP contribution in [0.25, 0.3) is 5.82 Å². The van der Waals surface area contributed by atoms with Gasteiger partial charge in [-0.3, -0.25) is 4.57 Å². The number of aliphatic hydroxyl groups is 1. The zero-order valence-corrected chi connectivity index (χ0v) is 19.1. The molecule has 8 nitrogen and oxygen atoms in total. The van der Waals surface area contributed by atoms with E-state index in [-0.39, 0.29) is 30.5 Å². The molecule has 156 valence electrons. The van der Waals surface area contributed by atoms with Crippen LogP contribution in [0.4, 0.5) is 0 Å². The molecule has 0 radical (unpaired) electrons. The molecule has 29 heavy (non-hydrogen) atoms. The minimum Gasteiger partial charge on any atom is -0.466 e. The second kappa shape index (κ2) is 10.4. The highest BCUT2D eigenvalue weighted by Crippen LogP contribution is 2.19. The van der Waals surface area contributed by atoms with Crippen LogP contribution >= 0.6 is 24.0 Å². The number of imidazole rings is 1. The maximum Gasteiger partial charge on any atom is 0.191 e. The summed E-state index contributed by atoms with van der Waals surface area (Å²) in [5, 5.41) is 16.9. The number of rotatable bonds is 7. The van der Waals surface area contributed by atoms with Crippen LogP contribution in [0, 0.1) is 6.92 Å². The highest BCUT2D eigenvalue weighted by atomic mass is 127. The third-order valence-corrected chi connectivity index (χ3v) is 4.30. The Kier molecular flexibility index (Phi) is 8.21. The first kappa shape index (κ1) is 22.9. The summed E-state index contributed by atoms with van der Waals surface area (Å²) in [6.07, 6.45) is 6.99. The van der Waals surface area contributed by atoms with E-state index in [1.54, 1.807) is 37.7 Å². The highest BCUT2D eigenvalue weighted by molar-refractivity contribution is 14.0. The van der Waals surface area contributed by atoms with Crippen molar-refractivity contribution < 1.29 is 9.52 Å². The Labute approximate surface area is 187 Å². The zero-order valence-electron chi connectivity index (χ0n) is 16.8. The number of aromatic nitrogens is 3. The molecule has 0 saturated carbocycles. The molecule has 0 aliphatic heterocycles. The second-order valence-corrected chi connectivity index (χ2v) is 6.67. The summed E-state index contributed by atoms with van der Waals surface area (Å²) in [4.78, 5) is 13.3. The van der Waals surface area contributed by atoms with Crippen molar-refractivity contribution in [2.24, 2.45) is 4.99 Å². The van der Waals surface area contributed by atoms with Crippen molar-refractivity contribution >= 4 is 29.9 Å². The Morgan fingerprint density at radius 3 is 2.69 bits per heavy atom. The summed E-state index contributed by atoms with van der Waals surface area (Å²) in [6.45, 7) is 7.07. The molecular formula is C20H27IN6O2. The third kappa shape index (κ3) is 6.04. The highest BCUT2D eigenvalue weighted by Gasteiger charge is 2.26. The first-order valence-electron chi connectivity index (χ1n) is 9.23. The van der Waals surface area contributed by atoms with E-state index in [1.165, 1.54) is 0 Å². The van der Waals surface area contributed by atoms with E-state index in [2.05, 4.69) is 25.6 Å². The topological polar surface area (TPSA) is 100 Å². The molecule has 0 aromatic carbocycles. The molecule has 9 heteroatoms. The molecule has 1 atom stereocenters. The summed E-state index contributed by atoms with van der Waals surface area (Å²) in [7, 11) is 0. The minimum atomic E-state index is -1.13. The largest absolute Gasteiger partial charge is 0.466 e. The summed E-state index contributed by atoms with van der Waals surface area (Å²) < 4.78 is 7.23. The van der Waals surface area contributed by atoms with E-state index in [0.29, 0.717) is 24.8 Å². The van der Waals surface area contributed by atoms with Crippen LogP contribution in [-0.4, -0.2) is 38.7 Å². The van der Waals surface area contributed by atoms with Gasteiger partial charge in [0.25, 0.3) is 0 Å². The Hall–Kier alpha value is -2.40. The average Bonchev–Trinajstić information content (AvgIpc) is 3.37. The maximum absolute atomic E-state index is 10.6. The molecule has 0 aliphatic rings. The first-order chi connectivity index (χ1) is 13.5. The van der Waals surface area contributed by atoms with Gasteiger partial charge in [0.05, 0.1) is 19.4 Å². The molecule has 3 aromatic rings. The number of pyridine rings is 1. The molecule has 3 rings (SSSR count). The average molecular weight is 510 g/mol. The van der Waals surface area contributed by atoms with E-state index in [4.69, 9.17) is 4.42 Å². The van der Waals surface area contributed by atoms with Crippen LogP contribution in [-0.2, 0) is 12.1 Å². The molecule has 3 heterocycles. The van der Waals surface area contributed by atoms with Gasteiger partial charge in [0.1, 0.15) is 23.0 Å². The fourth-order valence-corrected chi connectivity index (χ4v) is 2.71. The lowest BCUT2D eigenvalue weighted by Crippen LogP contribution is -2.44. The molecule has 1 unspecified atom stereocenters. The second-order valence-electron chi connectivity index (χ2n) is 6.67. The van der Waals surface area contributed by atoms with Gasteiger partial charge >= 0.3 is 0 Å². The van der Waals surface area contributed by atoms with E-state index >= 15 is 0 Å². The van der Waals surface area contributed by atoms with Crippen molar-refractivity contribution in [3.8, 4) is 5.82 Å². The van der Waals surface area contributed by atoms with Crippen molar-refractivity contribution in [1.82, 2.24) is 25.2 Å². The third-order valence-electron chi connectivity index (χ3n) is 4.30. The van der Waals surface area contributed by atoms with E-state index in [1.807, 2.05) is 36.7 Å². The summed E-state index contributed by atoms with van der Waals surface area (Å²) >= 11 is 0. The number of aliphatic imine (C=N–C) groups is 1. The van der Waals surface area contributed by atoms with Crippen LogP contribution < -0.4 is 10.6 Å². The Morgan fingerprint density at radius 1 is 1.28 bits per heavy atom. The number of halogens is 1. The predicted octanol–water partition coefficient (Wildman–Crippen LogP) is 2.75. The number of hydrogen-bond acceptors (Lipinski definition) is 5. The van der Waals surface area contributed by atoms with Gasteiger partial charge in [0.2, 0.25) is 0 Å². The maximum atomic E-state index is 10.6. The van der Waals surface area contributed by atoms with Gasteiger partial charge in [-0.2, -0.15) is 0 Å². The van der Waals surface area contributed by atoms with Gasteiger partial charge < -0.3 is 20.2 Å². The van der Waals surface area contributed by atoms with Crippen LogP contribution in [0.2, 0.25) is 0 Å². The Morgan fingerprint density at radius 2 is 2.10 bits per heavy atom. The van der Waals surface area contributed by atoms with E-state index in [9.17, 15) is 5.11 Å². The van der Waals surface area contributed by atoms with Crippen molar-refractivity contribution in [3.05, 3.63) is 66.3 Å². The summed E-state index contributed by atoms with van der Waals surface area (Å²) in [6, 6.07) is 7.45. The normalized spacial score (nSPS) is 13.4. The molecule has 0 saturated heterocycles. The Bertz CT molecular complexity index is 903. The van der Waals surface area contributed by atoms with Gasteiger partial charge in [0, 0.05) is 25.1 Å². The lowest BCUT2D eigenvalue weighted by Gasteiger charge is -2.22. The van der Waals surface area contributed by atoms with Crippen molar-refractivity contribution in [3.63, 3.8) is 0 Å². The molecular weight excluding hydrogens is 483 g/mol. The summed E-state index contributed by atoms with van der Waals surface area (Å²) in [5.41, 5.74) is -0.150. The van der Waals surface area contributed by atoms with E-state index in [0.717, 1.165) is 17.2 Å². The van der Waals surface area contributed by atoms with Crippen molar-refractivity contribution in [2.75, 3.05) is 13.1 Å². The van der Waals surface area contributed by atoms with Crippen molar-refractivity contribution in [1.29, 1.82) is 0 Å². The zero-order chi connectivity index (χ0) is 20.0. The van der Waals surface area contributed by atoms with Gasteiger partial charge in [-0.25, -0.2) is 15.0 Å². The number of aryl methyl sites for hydroxylation is 1. The fraction of sp³-hybridized carbons (Fsp3) is 0.350. The van der Waals surface area contributed by atoms with Gasteiger partial charge in [-0.05, 0) is 44.5 Å². The smallest absolute Gasteiger partial charge is 0.191 e. The number of nitrogens with zero attached hydrogens (tertiary/aromatic N) is 4. The lowest BCUT2D eigenvalue weighted by atomic mass is 10.0. The van der Waals surface area contributed by atoms with Gasteiger partial charge in [0.15, 0.2) is 5.96 Å². The van der Waals surface area contributed by atoms with Gasteiger partial charge in [-0.1, -0.05) is 6.07 Å². The fourth-order valence-electron chi connectivity index (χ4n) is 2.71. The molecule has 0 amide bonds. The molecule has 0 spiro atoms. The SMILES string of the molecule is CCNC(=NCc1ccc(-n2ccnc2C)nc1)NCC(C)(O)c1ccco1.I. The minimum absolute atomic E-state index is 0. The quantitative estimate of drug-likeness (QED) is 0.257. The number of furan rings is 1. The molecule has 3 aromatic heterocycles. The molecule has 0 aliphatic carbocycles. The molecule has 0 fully saturated rings. The predicted molar refractivity (Wildman–Crippen MR) is 123 cm³/mol. The monoisotopic (exact) mass is 510 g/mol. The molecule has 3 N–H and O–H groups in total. The van der Waals surface area contributed by atoms with Crippen LogP contribution in [0.3, 0.4) is 0 Å². The lowest BCUT2D eigenvalue weighted by molar-refractivity contribution is 0.0386. The molecule has 0 bridgehead atoms. The summed E-state index contributed by atoms with van der Waals surface area (Å²) in [5.74, 6) is 2.83. The standard InChI is InChI=1S/C20H26N6O2.HI/c1-4-21-19(25-14-20(3,27)17-6-5-11-28-17)24-13-16-7-8-18(23-12-16)26-10-9-22-15(26)2;/h5-12,27H,4,13-14H2,1-3H3,(H2,21,24,25);1H. The van der Waals surface area contributed by atoms with Crippen molar-refractivity contribution in [2.45, 2.75) is 32.9 Å².